The van der Waals surface area contributed by atoms with Crippen LogP contribution in [0.25, 0.3) is 15.9 Å². The molecule has 1 aliphatic heterocycles. The Kier molecular flexibility index (Phi) is 5.03. The van der Waals surface area contributed by atoms with Gasteiger partial charge in [0.25, 0.3) is 5.56 Å². The van der Waals surface area contributed by atoms with E-state index in [0.717, 1.165) is 28.6 Å². The van der Waals surface area contributed by atoms with Gasteiger partial charge in [-0.15, -0.1) is 11.3 Å². The minimum atomic E-state index is -0.948. The Morgan fingerprint density at radius 3 is 2.82 bits per heavy atom. The lowest BCUT2D eigenvalue weighted by molar-refractivity contribution is -0.133. The lowest BCUT2D eigenvalue weighted by atomic mass is 9.90. The first-order valence-corrected chi connectivity index (χ1v) is 10.8. The van der Waals surface area contributed by atoms with Crippen LogP contribution in [0.1, 0.15) is 30.7 Å². The number of aromatic nitrogens is 2. The third-order valence-electron chi connectivity index (χ3n) is 5.07. The highest BCUT2D eigenvalue weighted by Gasteiger charge is 2.33. The summed E-state index contributed by atoms with van der Waals surface area (Å²) < 4.78 is 7.55. The maximum absolute atomic E-state index is 13.6. The molecule has 3 aromatic rings. The van der Waals surface area contributed by atoms with Crippen LogP contribution in [0.5, 0.6) is 0 Å². The standard InChI is InChI=1S/C20H20N2O4S2/c1-3-20(2)9-13-14(10-26-20)28-17-16(13)18(25)22(12-7-5-4-6-8-12)19(21-17)27-11-15(23)24/h4-8H,3,9-11H2,1-2H3,(H,23,24)/t20-/m0/s1. The van der Waals surface area contributed by atoms with Crippen LogP contribution in [0.4, 0.5) is 0 Å². The molecule has 6 nitrogen and oxygen atoms in total. The summed E-state index contributed by atoms with van der Waals surface area (Å²) in [6.45, 7) is 4.63. The fourth-order valence-electron chi connectivity index (χ4n) is 3.36. The monoisotopic (exact) mass is 416 g/mol. The van der Waals surface area contributed by atoms with Crippen LogP contribution in [0.2, 0.25) is 0 Å². The Labute approximate surface area is 170 Å². The smallest absolute Gasteiger partial charge is 0.313 e. The molecule has 1 atom stereocenters. The van der Waals surface area contributed by atoms with Gasteiger partial charge in [0.15, 0.2) is 5.16 Å². The van der Waals surface area contributed by atoms with Crippen LogP contribution in [-0.4, -0.2) is 32.0 Å². The van der Waals surface area contributed by atoms with E-state index < -0.39 is 5.97 Å². The molecule has 0 amide bonds. The largest absolute Gasteiger partial charge is 0.481 e. The molecule has 28 heavy (non-hydrogen) atoms. The third-order valence-corrected chi connectivity index (χ3v) is 7.09. The quantitative estimate of drug-likeness (QED) is 0.502. The van der Waals surface area contributed by atoms with Crippen LogP contribution < -0.4 is 5.56 Å². The van der Waals surface area contributed by atoms with Crippen molar-refractivity contribution >= 4 is 39.3 Å². The number of carbonyl (C=O) groups is 1. The van der Waals surface area contributed by atoms with Crippen molar-refractivity contribution in [1.29, 1.82) is 0 Å². The zero-order chi connectivity index (χ0) is 19.9. The second-order valence-electron chi connectivity index (χ2n) is 7.01. The van der Waals surface area contributed by atoms with Crippen molar-refractivity contribution in [3.05, 3.63) is 51.1 Å². The van der Waals surface area contributed by atoms with E-state index in [4.69, 9.17) is 9.84 Å². The van der Waals surface area contributed by atoms with Crippen molar-refractivity contribution in [1.82, 2.24) is 9.55 Å². The number of para-hydroxylation sites is 1. The Bertz CT molecular complexity index is 1110. The molecule has 0 saturated carbocycles. The molecule has 0 aliphatic carbocycles. The van der Waals surface area contributed by atoms with E-state index in [1.165, 1.54) is 15.9 Å². The van der Waals surface area contributed by atoms with Gasteiger partial charge in [0, 0.05) is 11.3 Å². The Morgan fingerprint density at radius 2 is 2.14 bits per heavy atom. The second kappa shape index (κ2) is 7.35. The summed E-state index contributed by atoms with van der Waals surface area (Å²) in [6.07, 6.45) is 1.53. The number of thiophene rings is 1. The molecule has 0 fully saturated rings. The van der Waals surface area contributed by atoms with Gasteiger partial charge in [-0.3, -0.25) is 14.2 Å². The van der Waals surface area contributed by atoms with Crippen molar-refractivity contribution in [2.75, 3.05) is 5.75 Å². The highest BCUT2D eigenvalue weighted by molar-refractivity contribution is 7.99. The van der Waals surface area contributed by atoms with Crippen molar-refractivity contribution < 1.29 is 14.6 Å². The van der Waals surface area contributed by atoms with Crippen molar-refractivity contribution in [3.8, 4) is 5.69 Å². The first-order valence-electron chi connectivity index (χ1n) is 9.03. The van der Waals surface area contributed by atoms with Crippen LogP contribution in [0.15, 0.2) is 40.3 Å². The van der Waals surface area contributed by atoms with E-state index >= 15 is 0 Å². The van der Waals surface area contributed by atoms with E-state index in [9.17, 15) is 9.59 Å². The van der Waals surface area contributed by atoms with Gasteiger partial charge in [0.2, 0.25) is 0 Å². The van der Waals surface area contributed by atoms with Gasteiger partial charge in [-0.2, -0.15) is 0 Å². The zero-order valence-electron chi connectivity index (χ0n) is 15.6. The molecule has 0 radical (unpaired) electrons. The summed E-state index contributed by atoms with van der Waals surface area (Å²) in [5.74, 6) is -1.11. The average molecular weight is 417 g/mol. The Hall–Kier alpha value is -2.16. The normalized spacial score (nSPS) is 18.9. The van der Waals surface area contributed by atoms with E-state index in [1.54, 1.807) is 0 Å². The van der Waals surface area contributed by atoms with Gasteiger partial charge < -0.3 is 9.84 Å². The second-order valence-corrected chi connectivity index (χ2v) is 9.03. The third kappa shape index (κ3) is 3.36. The molecular formula is C20H20N2O4S2. The van der Waals surface area contributed by atoms with Gasteiger partial charge in [-0.1, -0.05) is 36.9 Å². The molecular weight excluding hydrogens is 396 g/mol. The lowest BCUT2D eigenvalue weighted by Gasteiger charge is -2.32. The van der Waals surface area contributed by atoms with Crippen LogP contribution in [0, 0.1) is 0 Å². The first-order chi connectivity index (χ1) is 13.4. The fourth-order valence-corrected chi connectivity index (χ4v) is 5.23. The van der Waals surface area contributed by atoms with Gasteiger partial charge in [-0.25, -0.2) is 4.98 Å². The maximum Gasteiger partial charge on any atom is 0.313 e. The van der Waals surface area contributed by atoms with Gasteiger partial charge in [0.1, 0.15) is 4.83 Å². The van der Waals surface area contributed by atoms with E-state index in [1.807, 2.05) is 30.3 Å². The molecule has 1 aromatic carbocycles. The van der Waals surface area contributed by atoms with Gasteiger partial charge >= 0.3 is 5.97 Å². The van der Waals surface area contributed by atoms with E-state index in [-0.39, 0.29) is 16.9 Å². The fraction of sp³-hybridized carbons (Fsp3) is 0.350. The predicted molar refractivity (Wildman–Crippen MR) is 111 cm³/mol. The SMILES string of the molecule is CC[C@@]1(C)Cc2c(sc3nc(SCC(=O)O)n(-c4ccccc4)c(=O)c23)CO1. The molecule has 3 heterocycles. The summed E-state index contributed by atoms with van der Waals surface area (Å²) in [5.41, 5.74) is 1.26. The van der Waals surface area contributed by atoms with Crippen molar-refractivity contribution in [2.24, 2.45) is 0 Å². The number of nitrogens with zero attached hydrogens (tertiary/aromatic N) is 2. The van der Waals surface area contributed by atoms with Crippen molar-refractivity contribution in [3.63, 3.8) is 0 Å². The van der Waals surface area contributed by atoms with Gasteiger partial charge in [-0.05, 0) is 31.0 Å². The number of aliphatic carboxylic acids is 1. The number of carboxylic acids is 1. The molecule has 0 spiro atoms. The highest BCUT2D eigenvalue weighted by atomic mass is 32.2. The maximum atomic E-state index is 13.6. The molecule has 1 N–H and O–H groups in total. The summed E-state index contributed by atoms with van der Waals surface area (Å²) >= 11 is 2.52. The van der Waals surface area contributed by atoms with Crippen LogP contribution in [-0.2, 0) is 22.6 Å². The molecule has 0 saturated heterocycles. The van der Waals surface area contributed by atoms with Crippen LogP contribution in [0.3, 0.4) is 0 Å². The first kappa shape index (κ1) is 19.2. The summed E-state index contributed by atoms with van der Waals surface area (Å²) in [7, 11) is 0. The van der Waals surface area contributed by atoms with E-state index in [2.05, 4.69) is 18.8 Å². The number of hydrogen-bond donors (Lipinski definition) is 1. The number of hydrogen-bond acceptors (Lipinski definition) is 6. The lowest BCUT2D eigenvalue weighted by Crippen LogP contribution is -2.34. The minimum absolute atomic E-state index is 0.151. The number of benzene rings is 1. The average Bonchev–Trinajstić information content (AvgIpc) is 3.04. The van der Waals surface area contributed by atoms with Gasteiger partial charge in [0.05, 0.1) is 29.0 Å². The number of fused-ring (bicyclic) bond motifs is 3. The zero-order valence-corrected chi connectivity index (χ0v) is 17.2. The summed E-state index contributed by atoms with van der Waals surface area (Å²) in [6, 6.07) is 9.24. The van der Waals surface area contributed by atoms with Crippen molar-refractivity contribution in [2.45, 2.75) is 44.1 Å². The van der Waals surface area contributed by atoms with E-state index in [0.29, 0.717) is 34.1 Å². The predicted octanol–water partition coefficient (Wildman–Crippen LogP) is 3.87. The molecule has 8 heteroatoms. The molecule has 4 rings (SSSR count). The molecule has 2 aromatic heterocycles. The van der Waals surface area contributed by atoms with Crippen LogP contribution >= 0.6 is 23.1 Å². The summed E-state index contributed by atoms with van der Waals surface area (Å²) in [5, 5.41) is 10.1. The molecule has 0 unspecified atom stereocenters. The Balaban J connectivity index is 1.95. The topological polar surface area (TPSA) is 81.4 Å². The summed E-state index contributed by atoms with van der Waals surface area (Å²) in [4.78, 5) is 31.0. The number of ether oxygens (including phenoxy) is 1. The molecule has 146 valence electrons. The number of thioether (sulfide) groups is 1. The number of rotatable bonds is 5. The molecule has 0 bridgehead atoms. The number of carboxylic acid groups (broad SMARTS) is 1. The molecule has 1 aliphatic rings. The highest BCUT2D eigenvalue weighted by Crippen LogP contribution is 2.39. The Morgan fingerprint density at radius 1 is 1.39 bits per heavy atom. The minimum Gasteiger partial charge on any atom is -0.481 e.